The number of ether oxygens (including phenoxy) is 2. The second-order valence-electron chi connectivity index (χ2n) is 5.24. The van der Waals surface area contributed by atoms with E-state index < -0.39 is 5.97 Å². The lowest BCUT2D eigenvalue weighted by Gasteiger charge is -2.05. The number of rotatable bonds is 5. The Kier molecular flexibility index (Phi) is 4.70. The first-order valence-corrected chi connectivity index (χ1v) is 7.77. The number of esters is 1. The van der Waals surface area contributed by atoms with Gasteiger partial charge in [-0.15, -0.1) is 0 Å². The fraction of sp³-hybridized carbons (Fsp3) is 0.158. The third-order valence-corrected chi connectivity index (χ3v) is 3.61. The van der Waals surface area contributed by atoms with Crippen LogP contribution in [0.3, 0.4) is 0 Å². The van der Waals surface area contributed by atoms with Gasteiger partial charge in [0.1, 0.15) is 0 Å². The molecule has 6 nitrogen and oxygen atoms in total. The van der Waals surface area contributed by atoms with Gasteiger partial charge in [-0.05, 0) is 43.3 Å². The average Bonchev–Trinajstić information content (AvgIpc) is 3.07. The minimum Gasteiger partial charge on any atom is -0.493 e. The zero-order valence-electron chi connectivity index (χ0n) is 13.9. The summed E-state index contributed by atoms with van der Waals surface area (Å²) in [4.78, 5) is 24.0. The molecular weight excluding hydrogens is 322 g/mol. The molecule has 0 bridgehead atoms. The Morgan fingerprint density at radius 1 is 1.12 bits per heavy atom. The molecule has 1 amide bonds. The van der Waals surface area contributed by atoms with E-state index in [0.29, 0.717) is 29.2 Å². The summed E-state index contributed by atoms with van der Waals surface area (Å²) in [5.41, 5.74) is 1.49. The maximum absolute atomic E-state index is 12.4. The van der Waals surface area contributed by atoms with Crippen molar-refractivity contribution in [1.29, 1.82) is 0 Å². The van der Waals surface area contributed by atoms with Gasteiger partial charge in [-0.25, -0.2) is 4.79 Å². The van der Waals surface area contributed by atoms with E-state index in [4.69, 9.17) is 13.9 Å². The quantitative estimate of drug-likeness (QED) is 0.714. The van der Waals surface area contributed by atoms with Gasteiger partial charge in [0.2, 0.25) is 0 Å². The summed E-state index contributed by atoms with van der Waals surface area (Å²) in [6.07, 6.45) is 0. The molecule has 0 aliphatic rings. The van der Waals surface area contributed by atoms with Crippen molar-refractivity contribution in [3.63, 3.8) is 0 Å². The largest absolute Gasteiger partial charge is 0.493 e. The highest BCUT2D eigenvalue weighted by atomic mass is 16.5. The van der Waals surface area contributed by atoms with Crippen molar-refractivity contribution in [3.8, 4) is 5.75 Å². The molecule has 3 rings (SSSR count). The number of carbonyl (C=O) groups is 2. The molecule has 0 saturated heterocycles. The van der Waals surface area contributed by atoms with E-state index >= 15 is 0 Å². The van der Waals surface area contributed by atoms with E-state index in [-0.39, 0.29) is 11.7 Å². The van der Waals surface area contributed by atoms with Crippen molar-refractivity contribution in [2.24, 2.45) is 0 Å². The van der Waals surface area contributed by atoms with E-state index in [1.807, 2.05) is 12.1 Å². The highest BCUT2D eigenvalue weighted by Crippen LogP contribution is 2.28. The smallest absolute Gasteiger partial charge is 0.338 e. The fourth-order valence-electron chi connectivity index (χ4n) is 2.41. The van der Waals surface area contributed by atoms with Gasteiger partial charge < -0.3 is 19.2 Å². The maximum atomic E-state index is 12.4. The van der Waals surface area contributed by atoms with Crippen LogP contribution >= 0.6 is 0 Å². The minimum absolute atomic E-state index is 0.175. The summed E-state index contributed by atoms with van der Waals surface area (Å²) in [5.74, 6) is -0.0452. The molecule has 0 saturated carbocycles. The summed E-state index contributed by atoms with van der Waals surface area (Å²) in [6, 6.07) is 13.5. The molecule has 0 unspecified atom stereocenters. The summed E-state index contributed by atoms with van der Waals surface area (Å²) in [5, 5.41) is 3.51. The number of methoxy groups -OCH3 is 1. The van der Waals surface area contributed by atoms with Crippen LogP contribution in [-0.2, 0) is 4.74 Å². The number of amides is 1. The molecule has 25 heavy (non-hydrogen) atoms. The standard InChI is InChI=1S/C19H17NO5/c1-3-24-19(22)12-7-9-14(10-8-12)20-18(21)16-11-13-5-4-6-15(23-2)17(13)25-16/h4-11H,3H2,1-2H3,(H,20,21). The molecule has 1 aromatic heterocycles. The molecule has 2 aromatic carbocycles. The van der Waals surface area contributed by atoms with Crippen LogP contribution in [0.1, 0.15) is 27.8 Å². The van der Waals surface area contributed by atoms with Crippen LogP contribution in [0.2, 0.25) is 0 Å². The topological polar surface area (TPSA) is 77.8 Å². The Balaban J connectivity index is 1.77. The first-order chi connectivity index (χ1) is 12.1. The van der Waals surface area contributed by atoms with E-state index in [0.717, 1.165) is 5.39 Å². The number of para-hydroxylation sites is 1. The van der Waals surface area contributed by atoms with Crippen molar-refractivity contribution < 1.29 is 23.5 Å². The zero-order chi connectivity index (χ0) is 17.8. The van der Waals surface area contributed by atoms with E-state index in [1.54, 1.807) is 50.4 Å². The van der Waals surface area contributed by atoms with E-state index in [2.05, 4.69) is 5.32 Å². The van der Waals surface area contributed by atoms with Crippen molar-refractivity contribution >= 4 is 28.5 Å². The number of hydrogen-bond donors (Lipinski definition) is 1. The molecule has 1 heterocycles. The number of carbonyl (C=O) groups excluding carboxylic acids is 2. The van der Waals surface area contributed by atoms with E-state index in [9.17, 15) is 9.59 Å². The fourth-order valence-corrected chi connectivity index (χ4v) is 2.41. The zero-order valence-corrected chi connectivity index (χ0v) is 13.9. The van der Waals surface area contributed by atoms with Crippen LogP contribution in [-0.4, -0.2) is 25.6 Å². The lowest BCUT2D eigenvalue weighted by molar-refractivity contribution is 0.0526. The van der Waals surface area contributed by atoms with Crippen LogP contribution in [0.4, 0.5) is 5.69 Å². The molecule has 6 heteroatoms. The highest BCUT2D eigenvalue weighted by molar-refractivity contribution is 6.05. The van der Waals surface area contributed by atoms with Crippen molar-refractivity contribution in [1.82, 2.24) is 0 Å². The van der Waals surface area contributed by atoms with Gasteiger partial charge in [0, 0.05) is 11.1 Å². The average molecular weight is 339 g/mol. The van der Waals surface area contributed by atoms with Crippen molar-refractivity contribution in [3.05, 3.63) is 59.9 Å². The molecule has 0 spiro atoms. The van der Waals surface area contributed by atoms with Crippen molar-refractivity contribution in [2.75, 3.05) is 19.0 Å². The lowest BCUT2D eigenvalue weighted by atomic mass is 10.2. The molecule has 3 aromatic rings. The predicted octanol–water partition coefficient (Wildman–Crippen LogP) is 3.87. The SMILES string of the molecule is CCOC(=O)c1ccc(NC(=O)c2cc3cccc(OC)c3o2)cc1. The molecule has 1 N–H and O–H groups in total. The Hall–Kier alpha value is -3.28. The molecule has 0 atom stereocenters. The van der Waals surface area contributed by atoms with Crippen LogP contribution in [0.25, 0.3) is 11.0 Å². The number of hydrogen-bond acceptors (Lipinski definition) is 5. The van der Waals surface area contributed by atoms with Crippen LogP contribution in [0.5, 0.6) is 5.75 Å². The monoisotopic (exact) mass is 339 g/mol. The molecule has 0 aliphatic heterocycles. The third kappa shape index (κ3) is 3.47. The van der Waals surface area contributed by atoms with Gasteiger partial charge >= 0.3 is 5.97 Å². The van der Waals surface area contributed by atoms with Gasteiger partial charge in [-0.2, -0.15) is 0 Å². The highest BCUT2D eigenvalue weighted by Gasteiger charge is 2.15. The second-order valence-corrected chi connectivity index (χ2v) is 5.24. The first-order valence-electron chi connectivity index (χ1n) is 7.77. The number of furan rings is 1. The molecule has 0 fully saturated rings. The van der Waals surface area contributed by atoms with Gasteiger partial charge in [0.05, 0.1) is 19.3 Å². The maximum Gasteiger partial charge on any atom is 0.338 e. The Morgan fingerprint density at radius 2 is 1.88 bits per heavy atom. The molecule has 0 aliphatic carbocycles. The third-order valence-electron chi connectivity index (χ3n) is 3.61. The van der Waals surface area contributed by atoms with Crippen LogP contribution < -0.4 is 10.1 Å². The summed E-state index contributed by atoms with van der Waals surface area (Å²) < 4.78 is 15.8. The van der Waals surface area contributed by atoms with Crippen LogP contribution in [0, 0.1) is 0 Å². The number of nitrogens with one attached hydrogen (secondary N) is 1. The normalized spacial score (nSPS) is 10.5. The molecule has 0 radical (unpaired) electrons. The predicted molar refractivity (Wildman–Crippen MR) is 93.1 cm³/mol. The first kappa shape index (κ1) is 16.6. The summed E-state index contributed by atoms with van der Waals surface area (Å²) in [7, 11) is 1.54. The van der Waals surface area contributed by atoms with Gasteiger partial charge in [-0.1, -0.05) is 12.1 Å². The summed E-state index contributed by atoms with van der Waals surface area (Å²) >= 11 is 0. The molecular formula is C19H17NO5. The van der Waals surface area contributed by atoms with Gasteiger partial charge in [0.25, 0.3) is 5.91 Å². The number of fused-ring (bicyclic) bond motifs is 1. The Bertz CT molecular complexity index is 911. The Labute approximate surface area is 144 Å². The molecule has 128 valence electrons. The van der Waals surface area contributed by atoms with Gasteiger partial charge in [0.15, 0.2) is 17.1 Å². The van der Waals surface area contributed by atoms with Gasteiger partial charge in [-0.3, -0.25) is 4.79 Å². The minimum atomic E-state index is -0.398. The Morgan fingerprint density at radius 3 is 2.56 bits per heavy atom. The summed E-state index contributed by atoms with van der Waals surface area (Å²) in [6.45, 7) is 2.06. The second kappa shape index (κ2) is 7.09. The van der Waals surface area contributed by atoms with Crippen LogP contribution in [0.15, 0.2) is 52.9 Å². The number of anilines is 1. The van der Waals surface area contributed by atoms with E-state index in [1.165, 1.54) is 0 Å². The van der Waals surface area contributed by atoms with Crippen molar-refractivity contribution in [2.45, 2.75) is 6.92 Å². The number of benzene rings is 2. The lowest BCUT2D eigenvalue weighted by Crippen LogP contribution is -2.11.